The Morgan fingerprint density at radius 1 is 1.21 bits per heavy atom. The third kappa shape index (κ3) is 3.33. The lowest BCUT2D eigenvalue weighted by atomic mass is 9.84. The largest absolute Gasteiger partial charge is 0.493 e. The van der Waals surface area contributed by atoms with Crippen LogP contribution < -0.4 is 14.8 Å². The number of benzene rings is 2. The average Bonchev–Trinajstić information content (AvgIpc) is 2.93. The van der Waals surface area contributed by atoms with Crippen LogP contribution in [0, 0.1) is 0 Å². The maximum absolute atomic E-state index is 13.1. The van der Waals surface area contributed by atoms with Gasteiger partial charge in [0.15, 0.2) is 5.54 Å². The molecule has 0 radical (unpaired) electrons. The number of nitrogens with zero attached hydrogens (tertiary/aromatic N) is 1. The lowest BCUT2D eigenvalue weighted by Gasteiger charge is -2.33. The molecule has 1 spiro atoms. The van der Waals surface area contributed by atoms with Crippen molar-refractivity contribution in [2.45, 2.75) is 18.1 Å². The summed E-state index contributed by atoms with van der Waals surface area (Å²) < 4.78 is 12.1. The van der Waals surface area contributed by atoms with Crippen molar-refractivity contribution in [1.29, 1.82) is 0 Å². The van der Waals surface area contributed by atoms with Crippen LogP contribution in [0.25, 0.3) is 0 Å². The van der Waals surface area contributed by atoms with Gasteiger partial charge in [-0.05, 0) is 30.3 Å². The zero-order chi connectivity index (χ0) is 19.7. The Labute approximate surface area is 170 Å². The molecule has 1 fully saturated rings. The Morgan fingerprint density at radius 3 is 2.75 bits per heavy atom. The van der Waals surface area contributed by atoms with Gasteiger partial charge in [0.1, 0.15) is 24.2 Å². The highest BCUT2D eigenvalue weighted by molar-refractivity contribution is 9.10. The molecule has 7 nitrogen and oxygen atoms in total. The molecule has 3 amide bonds. The maximum Gasteiger partial charge on any atom is 0.325 e. The van der Waals surface area contributed by atoms with Crippen LogP contribution in [0.4, 0.5) is 4.79 Å². The number of β-amino-alcohol motifs (C(OH)–C–C–N with tert-alkyl or cyclic N) is 1. The fraction of sp³-hybridized carbons (Fsp3) is 0.300. The Bertz CT molecular complexity index is 904. The molecule has 0 aliphatic carbocycles. The second-order valence-corrected chi connectivity index (χ2v) is 7.68. The molecular formula is C20H19BrN2O5. The summed E-state index contributed by atoms with van der Waals surface area (Å²) in [4.78, 5) is 26.7. The predicted octanol–water partition coefficient (Wildman–Crippen LogP) is 2.42. The van der Waals surface area contributed by atoms with E-state index in [0.717, 1.165) is 9.37 Å². The van der Waals surface area contributed by atoms with Crippen LogP contribution in [0.3, 0.4) is 0 Å². The number of halogens is 1. The van der Waals surface area contributed by atoms with E-state index in [0.29, 0.717) is 30.1 Å². The number of fused-ring (bicyclic) bond motifs is 2. The topological polar surface area (TPSA) is 88.1 Å². The SMILES string of the molecule is O=C1N[C@@]2(CCOc3ccccc32)C(=O)N1C[C@@H](O)COc1ccc(Br)cc1. The molecule has 0 saturated carbocycles. The van der Waals surface area contributed by atoms with Crippen LogP contribution in [-0.2, 0) is 10.3 Å². The lowest BCUT2D eigenvalue weighted by Crippen LogP contribution is -2.48. The van der Waals surface area contributed by atoms with Crippen LogP contribution >= 0.6 is 15.9 Å². The number of rotatable bonds is 5. The van der Waals surface area contributed by atoms with Crippen molar-refractivity contribution in [3.63, 3.8) is 0 Å². The summed E-state index contributed by atoms with van der Waals surface area (Å²) in [6, 6.07) is 13.8. The number of urea groups is 1. The number of ether oxygens (including phenoxy) is 2. The van der Waals surface area contributed by atoms with Gasteiger partial charge in [-0.2, -0.15) is 0 Å². The van der Waals surface area contributed by atoms with E-state index >= 15 is 0 Å². The second-order valence-electron chi connectivity index (χ2n) is 6.76. The van der Waals surface area contributed by atoms with Crippen LogP contribution in [-0.4, -0.2) is 47.8 Å². The average molecular weight is 447 g/mol. The minimum absolute atomic E-state index is 0.0363. The van der Waals surface area contributed by atoms with Gasteiger partial charge in [-0.3, -0.25) is 9.69 Å². The van der Waals surface area contributed by atoms with E-state index in [9.17, 15) is 14.7 Å². The van der Waals surface area contributed by atoms with Gasteiger partial charge >= 0.3 is 6.03 Å². The van der Waals surface area contributed by atoms with Gasteiger partial charge in [0.05, 0.1) is 13.2 Å². The van der Waals surface area contributed by atoms with E-state index in [1.165, 1.54) is 0 Å². The van der Waals surface area contributed by atoms with Gasteiger partial charge in [0.25, 0.3) is 5.91 Å². The molecule has 2 aromatic carbocycles. The monoisotopic (exact) mass is 446 g/mol. The summed E-state index contributed by atoms with van der Waals surface area (Å²) in [5, 5.41) is 13.1. The second kappa shape index (κ2) is 7.44. The normalized spacial score (nSPS) is 21.9. The lowest BCUT2D eigenvalue weighted by molar-refractivity contribution is -0.133. The Hall–Kier alpha value is -2.58. The van der Waals surface area contributed by atoms with E-state index in [1.807, 2.05) is 18.2 Å². The first-order valence-electron chi connectivity index (χ1n) is 8.92. The number of aliphatic hydroxyl groups is 1. The third-order valence-electron chi connectivity index (χ3n) is 4.91. The number of aliphatic hydroxyl groups excluding tert-OH is 1. The summed E-state index contributed by atoms with van der Waals surface area (Å²) >= 11 is 3.34. The predicted molar refractivity (Wildman–Crippen MR) is 104 cm³/mol. The van der Waals surface area contributed by atoms with Crippen LogP contribution in [0.1, 0.15) is 12.0 Å². The van der Waals surface area contributed by atoms with Gasteiger partial charge in [0.2, 0.25) is 0 Å². The van der Waals surface area contributed by atoms with E-state index in [-0.39, 0.29) is 19.1 Å². The molecule has 2 atom stereocenters. The Kier molecular flexibility index (Phi) is 4.99. The van der Waals surface area contributed by atoms with Gasteiger partial charge < -0.3 is 19.9 Å². The van der Waals surface area contributed by atoms with Crippen molar-refractivity contribution in [1.82, 2.24) is 10.2 Å². The smallest absolute Gasteiger partial charge is 0.325 e. The molecule has 0 unspecified atom stereocenters. The fourth-order valence-corrected chi connectivity index (χ4v) is 3.79. The van der Waals surface area contributed by atoms with Crippen molar-refractivity contribution in [3.05, 3.63) is 58.6 Å². The maximum atomic E-state index is 13.1. The Balaban J connectivity index is 1.45. The van der Waals surface area contributed by atoms with Crippen molar-refractivity contribution in [2.75, 3.05) is 19.8 Å². The molecular weight excluding hydrogens is 428 g/mol. The number of hydrogen-bond acceptors (Lipinski definition) is 5. The summed E-state index contributed by atoms with van der Waals surface area (Å²) in [5.74, 6) is 0.800. The number of imide groups is 1. The molecule has 2 heterocycles. The number of carbonyl (C=O) groups is 2. The summed E-state index contributed by atoms with van der Waals surface area (Å²) in [7, 11) is 0. The quantitative estimate of drug-likeness (QED) is 0.688. The molecule has 2 aliphatic heterocycles. The molecule has 8 heteroatoms. The van der Waals surface area contributed by atoms with E-state index in [2.05, 4.69) is 21.2 Å². The third-order valence-corrected chi connectivity index (χ3v) is 5.44. The van der Waals surface area contributed by atoms with Crippen LogP contribution in [0.5, 0.6) is 11.5 Å². The van der Waals surface area contributed by atoms with E-state index in [4.69, 9.17) is 9.47 Å². The molecule has 2 aliphatic rings. The highest BCUT2D eigenvalue weighted by Gasteiger charge is 2.55. The van der Waals surface area contributed by atoms with Crippen molar-refractivity contribution >= 4 is 27.9 Å². The van der Waals surface area contributed by atoms with Gasteiger partial charge in [-0.1, -0.05) is 34.1 Å². The van der Waals surface area contributed by atoms with Crippen LogP contribution in [0.2, 0.25) is 0 Å². The standard InChI is InChI=1S/C20H19BrN2O5/c21-13-5-7-15(8-6-13)28-12-14(24)11-23-18(25)20(22-19(23)26)9-10-27-17-4-2-1-3-16(17)20/h1-8,14,24H,9-12H2,(H,22,26)/t14-,20-/m1/s1. The van der Waals surface area contributed by atoms with E-state index < -0.39 is 17.7 Å². The van der Waals surface area contributed by atoms with Gasteiger partial charge in [0, 0.05) is 16.5 Å². The minimum Gasteiger partial charge on any atom is -0.493 e. The molecule has 28 heavy (non-hydrogen) atoms. The summed E-state index contributed by atoms with van der Waals surface area (Å²) in [6.45, 7) is 0.142. The number of carbonyl (C=O) groups excluding carboxylic acids is 2. The number of para-hydroxylation sites is 1. The molecule has 0 bridgehead atoms. The highest BCUT2D eigenvalue weighted by atomic mass is 79.9. The molecule has 146 valence electrons. The first kappa shape index (κ1) is 18.8. The molecule has 0 aromatic heterocycles. The highest BCUT2D eigenvalue weighted by Crippen LogP contribution is 2.40. The zero-order valence-electron chi connectivity index (χ0n) is 14.9. The first-order chi connectivity index (χ1) is 13.5. The molecule has 2 aromatic rings. The van der Waals surface area contributed by atoms with Crippen molar-refractivity contribution in [2.24, 2.45) is 0 Å². The summed E-state index contributed by atoms with van der Waals surface area (Å²) in [5.41, 5.74) is -0.499. The first-order valence-corrected chi connectivity index (χ1v) is 9.72. The number of hydrogen-bond donors (Lipinski definition) is 2. The molecule has 2 N–H and O–H groups in total. The van der Waals surface area contributed by atoms with Crippen molar-refractivity contribution < 1.29 is 24.2 Å². The number of nitrogens with one attached hydrogen (secondary N) is 1. The van der Waals surface area contributed by atoms with Crippen molar-refractivity contribution in [3.8, 4) is 11.5 Å². The number of amides is 3. The van der Waals surface area contributed by atoms with E-state index in [1.54, 1.807) is 30.3 Å². The zero-order valence-corrected chi connectivity index (χ0v) is 16.5. The molecule has 4 rings (SSSR count). The van der Waals surface area contributed by atoms with Gasteiger partial charge in [-0.15, -0.1) is 0 Å². The van der Waals surface area contributed by atoms with Crippen LogP contribution in [0.15, 0.2) is 53.0 Å². The Morgan fingerprint density at radius 2 is 1.96 bits per heavy atom. The minimum atomic E-state index is -1.14. The molecule has 1 saturated heterocycles. The summed E-state index contributed by atoms with van der Waals surface area (Å²) in [6.07, 6.45) is -0.667. The fourth-order valence-electron chi connectivity index (χ4n) is 3.52. The van der Waals surface area contributed by atoms with Gasteiger partial charge in [-0.25, -0.2) is 4.79 Å².